The number of hydrogen-bond donors (Lipinski definition) is 1. The molecule has 1 aliphatic rings. The number of piperazine rings is 1. The number of benzene rings is 1. The molecule has 0 atom stereocenters. The number of amides is 1. The van der Waals surface area contributed by atoms with Gasteiger partial charge in [0.2, 0.25) is 11.8 Å². The Hall–Kier alpha value is -3.43. The van der Waals surface area contributed by atoms with Gasteiger partial charge in [-0.2, -0.15) is 0 Å². The summed E-state index contributed by atoms with van der Waals surface area (Å²) in [6, 6.07) is 8.95. The van der Waals surface area contributed by atoms with Crippen molar-refractivity contribution in [2.24, 2.45) is 0 Å². The van der Waals surface area contributed by atoms with Crippen LogP contribution in [-0.2, 0) is 0 Å². The second-order valence-corrected chi connectivity index (χ2v) is 7.82. The van der Waals surface area contributed by atoms with E-state index in [1.54, 1.807) is 23.1 Å². The largest absolute Gasteiger partial charge is 0.493 e. The molecule has 4 aromatic rings. The third kappa shape index (κ3) is 3.51. The van der Waals surface area contributed by atoms with Gasteiger partial charge in [0.05, 0.1) is 5.52 Å². The van der Waals surface area contributed by atoms with Crippen LogP contribution < -0.4 is 4.74 Å². The topological polar surface area (TPSA) is 96.6 Å². The van der Waals surface area contributed by atoms with E-state index in [-0.39, 0.29) is 22.8 Å². The normalized spacial score (nSPS) is 15.0. The van der Waals surface area contributed by atoms with Crippen molar-refractivity contribution >= 4 is 39.6 Å². The predicted octanol–water partition coefficient (Wildman–Crippen LogP) is 3.07. The highest BCUT2D eigenvalue weighted by Crippen LogP contribution is 2.37. The SMILES string of the molecule is CN1CCN(C(=O)Oc2c3nccnc3c(O)n2-c2ccc3ccc(Cl)cc3n2)CC1. The van der Waals surface area contributed by atoms with Crippen LogP contribution in [0.25, 0.3) is 27.8 Å². The van der Waals surface area contributed by atoms with Crippen molar-refractivity contribution in [1.29, 1.82) is 0 Å². The van der Waals surface area contributed by atoms with Gasteiger partial charge in [-0.25, -0.2) is 24.3 Å². The van der Waals surface area contributed by atoms with Gasteiger partial charge in [-0.3, -0.25) is 0 Å². The summed E-state index contributed by atoms with van der Waals surface area (Å²) in [7, 11) is 2.01. The summed E-state index contributed by atoms with van der Waals surface area (Å²) in [5, 5.41) is 12.3. The summed E-state index contributed by atoms with van der Waals surface area (Å²) >= 11 is 6.11. The molecule has 1 saturated heterocycles. The van der Waals surface area contributed by atoms with Crippen molar-refractivity contribution in [3.63, 3.8) is 0 Å². The van der Waals surface area contributed by atoms with Gasteiger partial charge in [-0.1, -0.05) is 17.7 Å². The lowest BCUT2D eigenvalue weighted by atomic mass is 10.2. The molecule has 0 bridgehead atoms. The minimum atomic E-state index is -0.511. The zero-order valence-corrected chi connectivity index (χ0v) is 17.5. The van der Waals surface area contributed by atoms with Gasteiger partial charge >= 0.3 is 6.09 Å². The average Bonchev–Trinajstić information content (AvgIpc) is 3.05. The minimum absolute atomic E-state index is 0.0680. The molecule has 9 nitrogen and oxygen atoms in total. The quantitative estimate of drug-likeness (QED) is 0.513. The molecule has 10 heteroatoms. The Morgan fingerprint density at radius 1 is 1.06 bits per heavy atom. The lowest BCUT2D eigenvalue weighted by molar-refractivity contribution is 0.119. The standard InChI is InChI=1S/C21H19ClN6O3/c1-26-8-10-27(11-9-26)21(30)31-20-18-17(23-6-7-24-18)19(29)28(20)16-5-3-13-2-4-14(22)12-15(13)25-16/h2-7,12,29H,8-11H2,1H3. The van der Waals surface area contributed by atoms with Crippen molar-refractivity contribution in [2.75, 3.05) is 33.2 Å². The summed E-state index contributed by atoms with van der Waals surface area (Å²) in [5.41, 5.74) is 1.13. The monoisotopic (exact) mass is 438 g/mol. The number of ether oxygens (including phenoxy) is 1. The molecule has 1 aliphatic heterocycles. The molecular weight excluding hydrogens is 420 g/mol. The van der Waals surface area contributed by atoms with E-state index in [4.69, 9.17) is 16.3 Å². The van der Waals surface area contributed by atoms with E-state index in [2.05, 4.69) is 19.9 Å². The number of nitrogens with zero attached hydrogens (tertiary/aromatic N) is 6. The van der Waals surface area contributed by atoms with Crippen molar-refractivity contribution in [3.05, 3.63) is 47.7 Å². The Kier molecular flexibility index (Phi) is 4.84. The molecule has 3 aromatic heterocycles. The van der Waals surface area contributed by atoms with Crippen LogP contribution in [0.1, 0.15) is 0 Å². The molecule has 0 unspecified atom stereocenters. The Bertz CT molecular complexity index is 1300. The first kappa shape index (κ1) is 19.5. The van der Waals surface area contributed by atoms with Crippen LogP contribution in [-0.4, -0.2) is 73.7 Å². The Morgan fingerprint density at radius 2 is 1.77 bits per heavy atom. The smallest absolute Gasteiger partial charge is 0.416 e. The third-order valence-electron chi connectivity index (χ3n) is 5.34. The predicted molar refractivity (Wildman–Crippen MR) is 116 cm³/mol. The molecule has 1 amide bonds. The van der Waals surface area contributed by atoms with Gasteiger partial charge < -0.3 is 19.6 Å². The number of aromatic nitrogens is 4. The van der Waals surface area contributed by atoms with Gasteiger partial charge in [0.15, 0.2) is 11.0 Å². The molecule has 1 aromatic carbocycles. The molecule has 158 valence electrons. The summed E-state index contributed by atoms with van der Waals surface area (Å²) in [4.78, 5) is 29.7. The third-order valence-corrected chi connectivity index (χ3v) is 5.58. The van der Waals surface area contributed by atoms with Crippen LogP contribution in [0.15, 0.2) is 42.7 Å². The van der Waals surface area contributed by atoms with Crippen LogP contribution in [0.2, 0.25) is 5.02 Å². The number of fused-ring (bicyclic) bond motifs is 2. The maximum atomic E-state index is 12.9. The molecule has 0 saturated carbocycles. The lowest BCUT2D eigenvalue weighted by Gasteiger charge is -2.31. The molecule has 1 N–H and O–H groups in total. The van der Waals surface area contributed by atoms with E-state index >= 15 is 0 Å². The highest BCUT2D eigenvalue weighted by molar-refractivity contribution is 6.31. The van der Waals surface area contributed by atoms with Crippen LogP contribution in [0, 0.1) is 0 Å². The summed E-state index contributed by atoms with van der Waals surface area (Å²) in [5.74, 6) is 0.213. The lowest BCUT2D eigenvalue weighted by Crippen LogP contribution is -2.48. The van der Waals surface area contributed by atoms with E-state index in [1.807, 2.05) is 19.2 Å². The molecule has 0 radical (unpaired) electrons. The first-order chi connectivity index (χ1) is 15.0. The number of pyridine rings is 1. The van der Waals surface area contributed by atoms with Gasteiger partial charge in [-0.15, -0.1) is 0 Å². The Labute approximate surface area is 182 Å². The van der Waals surface area contributed by atoms with Gasteiger partial charge in [0, 0.05) is 49.0 Å². The van der Waals surface area contributed by atoms with Gasteiger partial charge in [-0.05, 0) is 31.3 Å². The Balaban J connectivity index is 1.61. The van der Waals surface area contributed by atoms with Crippen molar-refractivity contribution < 1.29 is 14.6 Å². The molecule has 5 rings (SSSR count). The zero-order valence-electron chi connectivity index (χ0n) is 16.7. The first-order valence-electron chi connectivity index (χ1n) is 9.77. The van der Waals surface area contributed by atoms with E-state index in [1.165, 1.54) is 17.0 Å². The molecular formula is C21H19ClN6O3. The second-order valence-electron chi connectivity index (χ2n) is 7.38. The van der Waals surface area contributed by atoms with E-state index < -0.39 is 6.09 Å². The Morgan fingerprint density at radius 3 is 2.55 bits per heavy atom. The van der Waals surface area contributed by atoms with Gasteiger partial charge in [0.1, 0.15) is 5.82 Å². The summed E-state index contributed by atoms with van der Waals surface area (Å²) in [6.45, 7) is 2.63. The second kappa shape index (κ2) is 7.68. The van der Waals surface area contributed by atoms with Crippen LogP contribution in [0.5, 0.6) is 11.8 Å². The minimum Gasteiger partial charge on any atom is -0.493 e. The molecule has 1 fully saturated rings. The zero-order chi connectivity index (χ0) is 21.5. The van der Waals surface area contributed by atoms with Crippen molar-refractivity contribution in [2.45, 2.75) is 0 Å². The van der Waals surface area contributed by atoms with E-state index in [0.717, 1.165) is 18.5 Å². The number of likely N-dealkylation sites (N-methyl/N-ethyl adjacent to an activating group) is 1. The maximum Gasteiger partial charge on any atom is 0.416 e. The number of aromatic hydroxyl groups is 1. The average molecular weight is 439 g/mol. The maximum absolute atomic E-state index is 12.9. The van der Waals surface area contributed by atoms with Crippen LogP contribution in [0.4, 0.5) is 4.79 Å². The van der Waals surface area contributed by atoms with E-state index in [0.29, 0.717) is 29.4 Å². The number of carbonyl (C=O) groups excluding carboxylic acids is 1. The molecule has 4 heterocycles. The first-order valence-corrected chi connectivity index (χ1v) is 10.2. The summed E-state index contributed by atoms with van der Waals surface area (Å²) in [6.07, 6.45) is 2.43. The van der Waals surface area contributed by atoms with E-state index in [9.17, 15) is 9.90 Å². The molecule has 0 aliphatic carbocycles. The van der Waals surface area contributed by atoms with Crippen molar-refractivity contribution in [3.8, 4) is 17.6 Å². The number of carbonyl (C=O) groups is 1. The number of halogens is 1. The number of rotatable bonds is 2. The fourth-order valence-electron chi connectivity index (χ4n) is 3.61. The molecule has 31 heavy (non-hydrogen) atoms. The summed E-state index contributed by atoms with van der Waals surface area (Å²) < 4.78 is 7.09. The molecule has 0 spiro atoms. The fourth-order valence-corrected chi connectivity index (χ4v) is 3.78. The van der Waals surface area contributed by atoms with Gasteiger partial charge in [0.25, 0.3) is 0 Å². The number of hydrogen-bond acceptors (Lipinski definition) is 7. The fraction of sp³-hybridized carbons (Fsp3) is 0.238. The highest BCUT2D eigenvalue weighted by atomic mass is 35.5. The highest BCUT2D eigenvalue weighted by Gasteiger charge is 2.27. The van der Waals surface area contributed by atoms with Crippen molar-refractivity contribution in [1.82, 2.24) is 29.3 Å². The van der Waals surface area contributed by atoms with Crippen LogP contribution >= 0.6 is 11.6 Å². The van der Waals surface area contributed by atoms with Crippen LogP contribution in [0.3, 0.4) is 0 Å².